The predicted octanol–water partition coefficient (Wildman–Crippen LogP) is 5.17. The van der Waals surface area contributed by atoms with Crippen LogP contribution in [0.2, 0.25) is 10.0 Å². The zero-order valence-electron chi connectivity index (χ0n) is 14.4. The Balaban J connectivity index is 1.72. The highest BCUT2D eigenvalue weighted by Gasteiger charge is 2.34. The van der Waals surface area contributed by atoms with Crippen molar-refractivity contribution in [3.63, 3.8) is 0 Å². The van der Waals surface area contributed by atoms with E-state index in [-0.39, 0.29) is 11.5 Å². The van der Waals surface area contributed by atoms with E-state index in [1.807, 2.05) is 6.07 Å². The van der Waals surface area contributed by atoms with Gasteiger partial charge in [-0.2, -0.15) is 0 Å². The van der Waals surface area contributed by atoms with E-state index < -0.39 is 0 Å². The molecule has 0 N–H and O–H groups in total. The van der Waals surface area contributed by atoms with Crippen molar-refractivity contribution in [2.24, 2.45) is 0 Å². The summed E-state index contributed by atoms with van der Waals surface area (Å²) >= 11 is 12.1. The van der Waals surface area contributed by atoms with Crippen LogP contribution in [0.4, 0.5) is 0 Å². The fourth-order valence-corrected chi connectivity index (χ4v) is 3.53. The molecule has 0 saturated carbocycles. The minimum Gasteiger partial charge on any atom is -0.478 e. The maximum absolute atomic E-state index is 12.8. The van der Waals surface area contributed by atoms with E-state index in [9.17, 15) is 4.79 Å². The first-order valence-electron chi connectivity index (χ1n) is 8.36. The van der Waals surface area contributed by atoms with Gasteiger partial charge in [-0.25, -0.2) is 0 Å². The quantitative estimate of drug-likeness (QED) is 0.664. The fourth-order valence-electron chi connectivity index (χ4n) is 3.07. The molecule has 2 aliphatic rings. The Morgan fingerprint density at radius 2 is 2.00 bits per heavy atom. The molecular formula is C20H17Cl2NO3. The maximum Gasteiger partial charge on any atom is 0.231 e. The number of ketones is 1. The number of carbonyl (C=O) groups is 1. The number of halogens is 2. The van der Waals surface area contributed by atoms with E-state index in [0.717, 1.165) is 11.3 Å². The van der Waals surface area contributed by atoms with E-state index in [0.29, 0.717) is 46.2 Å². The molecule has 0 bridgehead atoms. The van der Waals surface area contributed by atoms with Gasteiger partial charge < -0.3 is 9.47 Å². The lowest BCUT2D eigenvalue weighted by Gasteiger charge is -2.32. The summed E-state index contributed by atoms with van der Waals surface area (Å²) in [5.74, 6) is 1.43. The standard InChI is InChI=1S/C20H17Cl2NO3/c1-11(2)23-9-15-17(25-10-23)6-5-14-19(24)18(26-20(14)15)7-12-3-4-13(21)8-16(12)22/h3-8,11H,9-10H2,1-2H3/b18-7-. The summed E-state index contributed by atoms with van der Waals surface area (Å²) in [7, 11) is 0. The average molecular weight is 390 g/mol. The van der Waals surface area contributed by atoms with E-state index in [1.54, 1.807) is 30.3 Å². The van der Waals surface area contributed by atoms with Gasteiger partial charge in [-0.1, -0.05) is 29.3 Å². The van der Waals surface area contributed by atoms with Gasteiger partial charge in [-0.3, -0.25) is 9.69 Å². The summed E-state index contributed by atoms with van der Waals surface area (Å²) in [5, 5.41) is 1.01. The Bertz CT molecular complexity index is 937. The minimum atomic E-state index is -0.157. The van der Waals surface area contributed by atoms with Crippen LogP contribution in [0.3, 0.4) is 0 Å². The van der Waals surface area contributed by atoms with E-state index in [2.05, 4.69) is 18.7 Å². The molecule has 2 aromatic rings. The van der Waals surface area contributed by atoms with E-state index >= 15 is 0 Å². The highest BCUT2D eigenvalue weighted by molar-refractivity contribution is 6.35. The summed E-state index contributed by atoms with van der Waals surface area (Å²) in [4.78, 5) is 14.9. The Hall–Kier alpha value is -2.01. The number of carbonyl (C=O) groups excluding carboxylic acids is 1. The zero-order valence-corrected chi connectivity index (χ0v) is 15.9. The summed E-state index contributed by atoms with van der Waals surface area (Å²) in [6.07, 6.45) is 1.65. The van der Waals surface area contributed by atoms with Crippen molar-refractivity contribution in [2.75, 3.05) is 6.73 Å². The summed E-state index contributed by atoms with van der Waals surface area (Å²) in [5.41, 5.74) is 2.14. The third-order valence-corrected chi connectivity index (χ3v) is 5.19. The molecule has 0 fully saturated rings. The molecule has 4 rings (SSSR count). The van der Waals surface area contributed by atoms with Gasteiger partial charge in [0.15, 0.2) is 5.76 Å². The normalized spacial score (nSPS) is 17.9. The smallest absolute Gasteiger partial charge is 0.231 e. The second-order valence-electron chi connectivity index (χ2n) is 6.64. The summed E-state index contributed by atoms with van der Waals surface area (Å²) in [6, 6.07) is 9.05. The Morgan fingerprint density at radius 3 is 2.73 bits per heavy atom. The maximum atomic E-state index is 12.8. The van der Waals surface area contributed by atoms with Crippen molar-refractivity contribution in [3.05, 3.63) is 62.8 Å². The molecule has 2 heterocycles. The first kappa shape index (κ1) is 17.4. The van der Waals surface area contributed by atoms with Crippen LogP contribution < -0.4 is 9.47 Å². The lowest BCUT2D eigenvalue weighted by molar-refractivity contribution is 0.0674. The fraction of sp³-hybridized carbons (Fsp3) is 0.250. The highest BCUT2D eigenvalue weighted by Crippen LogP contribution is 2.42. The number of nitrogens with zero attached hydrogens (tertiary/aromatic N) is 1. The third kappa shape index (κ3) is 2.98. The van der Waals surface area contributed by atoms with Gasteiger partial charge >= 0.3 is 0 Å². The van der Waals surface area contributed by atoms with Crippen LogP contribution in [-0.2, 0) is 6.54 Å². The van der Waals surface area contributed by atoms with Gasteiger partial charge in [-0.15, -0.1) is 0 Å². The van der Waals surface area contributed by atoms with Crippen molar-refractivity contribution < 1.29 is 14.3 Å². The molecule has 26 heavy (non-hydrogen) atoms. The monoisotopic (exact) mass is 389 g/mol. The molecule has 2 aliphatic heterocycles. The number of allylic oxidation sites excluding steroid dienone is 1. The molecule has 0 atom stereocenters. The molecule has 0 aromatic heterocycles. The molecular weight excluding hydrogens is 373 g/mol. The first-order chi connectivity index (χ1) is 12.4. The molecule has 2 aromatic carbocycles. The zero-order chi connectivity index (χ0) is 18.4. The Morgan fingerprint density at radius 1 is 1.19 bits per heavy atom. The van der Waals surface area contributed by atoms with Crippen LogP contribution in [0, 0.1) is 0 Å². The van der Waals surface area contributed by atoms with Crippen molar-refractivity contribution in [1.29, 1.82) is 0 Å². The molecule has 0 saturated heterocycles. The molecule has 134 valence electrons. The van der Waals surface area contributed by atoms with Gasteiger partial charge in [0.05, 0.1) is 11.1 Å². The molecule has 0 radical (unpaired) electrons. The van der Waals surface area contributed by atoms with Crippen LogP contribution in [0.15, 0.2) is 36.1 Å². The largest absolute Gasteiger partial charge is 0.478 e. The van der Waals surface area contributed by atoms with Crippen molar-refractivity contribution in [2.45, 2.75) is 26.4 Å². The van der Waals surface area contributed by atoms with Crippen molar-refractivity contribution >= 4 is 35.1 Å². The summed E-state index contributed by atoms with van der Waals surface area (Å²) < 4.78 is 11.8. The lowest BCUT2D eigenvalue weighted by atomic mass is 10.0. The number of hydrogen-bond donors (Lipinski definition) is 0. The van der Waals surface area contributed by atoms with Crippen LogP contribution in [0.25, 0.3) is 6.08 Å². The van der Waals surface area contributed by atoms with Gasteiger partial charge in [0.2, 0.25) is 5.78 Å². The Labute approximate surface area is 161 Å². The van der Waals surface area contributed by atoms with Gasteiger partial charge in [0.25, 0.3) is 0 Å². The lowest BCUT2D eigenvalue weighted by Crippen LogP contribution is -2.37. The Kier molecular flexibility index (Phi) is 4.43. The number of rotatable bonds is 2. The third-order valence-electron chi connectivity index (χ3n) is 4.62. The highest BCUT2D eigenvalue weighted by atomic mass is 35.5. The number of ether oxygens (including phenoxy) is 2. The topological polar surface area (TPSA) is 38.8 Å². The molecule has 0 amide bonds. The van der Waals surface area contributed by atoms with Gasteiger partial charge in [0, 0.05) is 22.6 Å². The summed E-state index contributed by atoms with van der Waals surface area (Å²) in [6.45, 7) is 5.42. The van der Waals surface area contributed by atoms with Gasteiger partial charge in [0.1, 0.15) is 18.2 Å². The van der Waals surface area contributed by atoms with Crippen LogP contribution in [-0.4, -0.2) is 23.5 Å². The molecule has 4 nitrogen and oxygen atoms in total. The minimum absolute atomic E-state index is 0.157. The van der Waals surface area contributed by atoms with Gasteiger partial charge in [-0.05, 0) is 49.8 Å². The van der Waals surface area contributed by atoms with Crippen LogP contribution in [0.1, 0.15) is 35.3 Å². The number of hydrogen-bond acceptors (Lipinski definition) is 4. The van der Waals surface area contributed by atoms with E-state index in [1.165, 1.54) is 0 Å². The first-order valence-corrected chi connectivity index (χ1v) is 9.11. The van der Waals surface area contributed by atoms with E-state index in [4.69, 9.17) is 32.7 Å². The molecule has 0 aliphatic carbocycles. The van der Waals surface area contributed by atoms with Crippen LogP contribution in [0.5, 0.6) is 11.5 Å². The number of fused-ring (bicyclic) bond motifs is 3. The molecule has 6 heteroatoms. The van der Waals surface area contributed by atoms with Crippen molar-refractivity contribution in [3.8, 4) is 11.5 Å². The van der Waals surface area contributed by atoms with Crippen molar-refractivity contribution in [1.82, 2.24) is 4.90 Å². The molecule has 0 unspecified atom stereocenters. The number of benzene rings is 2. The number of Topliss-reactive ketones (excluding diaryl/α,β-unsaturated/α-hetero) is 1. The molecule has 0 spiro atoms. The average Bonchev–Trinajstić information content (AvgIpc) is 2.93. The second-order valence-corrected chi connectivity index (χ2v) is 7.48. The second kappa shape index (κ2) is 6.62. The SMILES string of the molecule is CC(C)N1COc2ccc3c(c2C1)O/C(=C\c1ccc(Cl)cc1Cl)C3=O. The van der Waals surface area contributed by atoms with Crippen LogP contribution >= 0.6 is 23.2 Å². The predicted molar refractivity (Wildman–Crippen MR) is 102 cm³/mol.